The molecule has 28 heavy (non-hydrogen) atoms. The van der Waals surface area contributed by atoms with Gasteiger partial charge in [0.1, 0.15) is 5.15 Å². The molecular formula is C20H28ClIN4O2. The molecule has 154 valence electrons. The van der Waals surface area contributed by atoms with E-state index in [4.69, 9.17) is 21.1 Å². The van der Waals surface area contributed by atoms with E-state index < -0.39 is 0 Å². The molecule has 0 saturated carbocycles. The molecular weight excluding hydrogens is 491 g/mol. The maximum Gasteiger partial charge on any atom is 0.190 e. The number of aromatic nitrogens is 1. The molecule has 6 nitrogen and oxygen atoms in total. The first-order chi connectivity index (χ1) is 13.2. The summed E-state index contributed by atoms with van der Waals surface area (Å²) in [7, 11) is 5.07. The highest BCUT2D eigenvalue weighted by Crippen LogP contribution is 2.27. The van der Waals surface area contributed by atoms with E-state index in [1.807, 2.05) is 18.2 Å². The van der Waals surface area contributed by atoms with Gasteiger partial charge in [-0.2, -0.15) is 0 Å². The summed E-state index contributed by atoms with van der Waals surface area (Å²) in [5.41, 5.74) is 2.35. The summed E-state index contributed by atoms with van der Waals surface area (Å²) in [5.74, 6) is 2.31. The van der Waals surface area contributed by atoms with Crippen molar-refractivity contribution in [3.8, 4) is 11.5 Å². The van der Waals surface area contributed by atoms with E-state index in [9.17, 15) is 0 Å². The van der Waals surface area contributed by atoms with Gasteiger partial charge >= 0.3 is 0 Å². The number of hydrogen-bond acceptors (Lipinski definition) is 4. The Morgan fingerprint density at radius 1 is 1.00 bits per heavy atom. The van der Waals surface area contributed by atoms with Crippen molar-refractivity contribution in [1.29, 1.82) is 0 Å². The number of methoxy groups -OCH3 is 2. The fourth-order valence-electron chi connectivity index (χ4n) is 2.64. The number of pyridine rings is 1. The minimum absolute atomic E-state index is 0. The fourth-order valence-corrected chi connectivity index (χ4v) is 2.75. The Bertz CT molecular complexity index is 741. The SMILES string of the molecule is CN=C(NCCCc1ccc(OC)c(OC)c1)NCCc1ccc(Cl)nc1.I. The van der Waals surface area contributed by atoms with Crippen LogP contribution in [0.1, 0.15) is 17.5 Å². The summed E-state index contributed by atoms with van der Waals surface area (Å²) in [4.78, 5) is 8.33. The minimum atomic E-state index is 0. The summed E-state index contributed by atoms with van der Waals surface area (Å²) in [6, 6.07) is 9.81. The van der Waals surface area contributed by atoms with Crippen LogP contribution in [0.2, 0.25) is 5.15 Å². The minimum Gasteiger partial charge on any atom is -0.493 e. The molecule has 0 aliphatic heterocycles. The molecule has 0 saturated heterocycles. The average Bonchev–Trinajstić information content (AvgIpc) is 2.70. The lowest BCUT2D eigenvalue weighted by molar-refractivity contribution is 0.354. The van der Waals surface area contributed by atoms with Crippen LogP contribution in [0.3, 0.4) is 0 Å². The number of hydrogen-bond donors (Lipinski definition) is 2. The summed E-state index contributed by atoms with van der Waals surface area (Å²) >= 11 is 5.80. The summed E-state index contributed by atoms with van der Waals surface area (Å²) in [5, 5.41) is 7.15. The highest BCUT2D eigenvalue weighted by Gasteiger charge is 2.05. The van der Waals surface area contributed by atoms with Crippen molar-refractivity contribution in [3.63, 3.8) is 0 Å². The number of halogens is 2. The Morgan fingerprint density at radius 3 is 2.36 bits per heavy atom. The zero-order chi connectivity index (χ0) is 19.5. The second kappa shape index (κ2) is 13.4. The Hall–Kier alpha value is -1.74. The van der Waals surface area contributed by atoms with Gasteiger partial charge in [0.25, 0.3) is 0 Å². The molecule has 2 rings (SSSR count). The van der Waals surface area contributed by atoms with Crippen molar-refractivity contribution in [1.82, 2.24) is 15.6 Å². The normalized spacial score (nSPS) is 10.8. The first-order valence-electron chi connectivity index (χ1n) is 8.92. The molecule has 0 fully saturated rings. The second-order valence-corrected chi connectivity index (χ2v) is 6.35. The third kappa shape index (κ3) is 8.10. The molecule has 2 aromatic rings. The van der Waals surface area contributed by atoms with Crippen LogP contribution in [0, 0.1) is 0 Å². The van der Waals surface area contributed by atoms with Crippen molar-refractivity contribution in [2.75, 3.05) is 34.4 Å². The first-order valence-corrected chi connectivity index (χ1v) is 9.30. The number of aliphatic imine (C=N–C) groups is 1. The molecule has 0 radical (unpaired) electrons. The fraction of sp³-hybridized carbons (Fsp3) is 0.400. The molecule has 0 bridgehead atoms. The van der Waals surface area contributed by atoms with E-state index in [2.05, 4.69) is 26.7 Å². The van der Waals surface area contributed by atoms with Gasteiger partial charge in [0.05, 0.1) is 14.2 Å². The van der Waals surface area contributed by atoms with Crippen molar-refractivity contribution in [2.24, 2.45) is 4.99 Å². The topological polar surface area (TPSA) is 67.8 Å². The Labute approximate surface area is 189 Å². The van der Waals surface area contributed by atoms with Gasteiger partial charge in [0.15, 0.2) is 17.5 Å². The predicted octanol–water partition coefficient (Wildman–Crippen LogP) is 3.71. The van der Waals surface area contributed by atoms with Crippen molar-refractivity contribution in [2.45, 2.75) is 19.3 Å². The number of ether oxygens (including phenoxy) is 2. The zero-order valence-electron chi connectivity index (χ0n) is 16.5. The van der Waals surface area contributed by atoms with Gasteiger partial charge in [-0.1, -0.05) is 23.7 Å². The smallest absolute Gasteiger partial charge is 0.190 e. The molecule has 8 heteroatoms. The van der Waals surface area contributed by atoms with Gasteiger partial charge in [0.2, 0.25) is 0 Å². The van der Waals surface area contributed by atoms with Gasteiger partial charge in [-0.15, -0.1) is 24.0 Å². The van der Waals surface area contributed by atoms with Gasteiger partial charge in [0, 0.05) is 26.3 Å². The molecule has 1 heterocycles. The number of rotatable bonds is 9. The third-order valence-electron chi connectivity index (χ3n) is 4.10. The predicted molar refractivity (Wildman–Crippen MR) is 126 cm³/mol. The quantitative estimate of drug-likeness (QED) is 0.174. The van der Waals surface area contributed by atoms with Crippen LogP contribution in [0.5, 0.6) is 11.5 Å². The van der Waals surface area contributed by atoms with Crippen LogP contribution in [0.25, 0.3) is 0 Å². The number of nitrogens with one attached hydrogen (secondary N) is 2. The van der Waals surface area contributed by atoms with E-state index >= 15 is 0 Å². The second-order valence-electron chi connectivity index (χ2n) is 5.96. The molecule has 1 aromatic carbocycles. The zero-order valence-corrected chi connectivity index (χ0v) is 19.6. The maximum atomic E-state index is 5.80. The number of aryl methyl sites for hydroxylation is 1. The van der Waals surface area contributed by atoms with Crippen LogP contribution < -0.4 is 20.1 Å². The van der Waals surface area contributed by atoms with E-state index in [-0.39, 0.29) is 24.0 Å². The summed E-state index contributed by atoms with van der Waals surface area (Å²) < 4.78 is 10.6. The Morgan fingerprint density at radius 2 is 1.71 bits per heavy atom. The monoisotopic (exact) mass is 518 g/mol. The van der Waals surface area contributed by atoms with Gasteiger partial charge in [-0.25, -0.2) is 4.98 Å². The molecule has 0 aliphatic carbocycles. The van der Waals surface area contributed by atoms with Crippen LogP contribution in [0.15, 0.2) is 41.5 Å². The first kappa shape index (κ1) is 24.3. The van der Waals surface area contributed by atoms with Crippen LogP contribution in [0.4, 0.5) is 0 Å². The van der Waals surface area contributed by atoms with E-state index in [1.54, 1.807) is 33.5 Å². The molecule has 0 aliphatic rings. The molecule has 0 spiro atoms. The molecule has 1 aromatic heterocycles. The average molecular weight is 519 g/mol. The number of guanidine groups is 1. The van der Waals surface area contributed by atoms with Crippen LogP contribution in [-0.2, 0) is 12.8 Å². The molecule has 0 unspecified atom stereocenters. The largest absolute Gasteiger partial charge is 0.493 e. The third-order valence-corrected chi connectivity index (χ3v) is 4.32. The van der Waals surface area contributed by atoms with E-state index in [0.29, 0.717) is 5.15 Å². The lowest BCUT2D eigenvalue weighted by atomic mass is 10.1. The Kier molecular flexibility index (Phi) is 11.7. The highest BCUT2D eigenvalue weighted by molar-refractivity contribution is 14.0. The number of benzene rings is 1. The van der Waals surface area contributed by atoms with E-state index in [1.165, 1.54) is 5.56 Å². The van der Waals surface area contributed by atoms with Gasteiger partial charge in [-0.05, 0) is 48.6 Å². The number of nitrogens with zero attached hydrogens (tertiary/aromatic N) is 2. The molecule has 2 N–H and O–H groups in total. The van der Waals surface area contributed by atoms with Crippen molar-refractivity contribution < 1.29 is 9.47 Å². The molecule has 0 amide bonds. The lowest BCUT2D eigenvalue weighted by Crippen LogP contribution is -2.38. The highest BCUT2D eigenvalue weighted by atomic mass is 127. The summed E-state index contributed by atoms with van der Waals surface area (Å²) in [6.45, 7) is 1.61. The van der Waals surface area contributed by atoms with Crippen LogP contribution >= 0.6 is 35.6 Å². The van der Waals surface area contributed by atoms with Crippen molar-refractivity contribution in [3.05, 3.63) is 52.8 Å². The van der Waals surface area contributed by atoms with Gasteiger partial charge < -0.3 is 20.1 Å². The van der Waals surface area contributed by atoms with Crippen LogP contribution in [-0.4, -0.2) is 45.3 Å². The standard InChI is InChI=1S/C20H27ClN4O2.HI/c1-22-20(24-12-10-16-7-9-19(21)25-14-16)23-11-4-5-15-6-8-17(26-2)18(13-15)27-3;/h6-9,13-14H,4-5,10-12H2,1-3H3,(H2,22,23,24);1H. The van der Waals surface area contributed by atoms with Crippen molar-refractivity contribution >= 4 is 41.5 Å². The lowest BCUT2D eigenvalue weighted by Gasteiger charge is -2.12. The molecule has 0 atom stereocenters. The summed E-state index contributed by atoms with van der Waals surface area (Å²) in [6.07, 6.45) is 4.58. The van der Waals surface area contributed by atoms with E-state index in [0.717, 1.165) is 55.4 Å². The Balaban J connectivity index is 0.00000392. The van der Waals surface area contributed by atoms with Gasteiger partial charge in [-0.3, -0.25) is 4.99 Å². The maximum absolute atomic E-state index is 5.80.